The van der Waals surface area contributed by atoms with Crippen LogP contribution >= 0.6 is 0 Å². The normalized spacial score (nSPS) is 11.0. The monoisotopic (exact) mass is 240 g/mol. The third-order valence-electron chi connectivity index (χ3n) is 3.03. The maximum absolute atomic E-state index is 11.4. The van der Waals surface area contributed by atoms with Crippen molar-refractivity contribution < 1.29 is 15.5 Å². The summed E-state index contributed by atoms with van der Waals surface area (Å²) in [7, 11) is 0. The SMILES string of the molecule is [O-]c1ccc2cc(N(O)O)c3ccccc3c2c1. The molecule has 0 bridgehead atoms. The largest absolute Gasteiger partial charge is 0.872 e. The molecule has 0 unspecified atom stereocenters. The number of benzene rings is 3. The molecule has 4 heteroatoms. The minimum atomic E-state index is -0.0646. The van der Waals surface area contributed by atoms with E-state index in [1.54, 1.807) is 24.3 Å². The first kappa shape index (κ1) is 10.8. The van der Waals surface area contributed by atoms with Crippen molar-refractivity contribution in [1.29, 1.82) is 0 Å². The predicted octanol–water partition coefficient (Wildman–Crippen LogP) is 2.65. The van der Waals surface area contributed by atoms with Crippen molar-refractivity contribution in [1.82, 2.24) is 0 Å². The van der Waals surface area contributed by atoms with Gasteiger partial charge in [0, 0.05) is 5.39 Å². The molecule has 18 heavy (non-hydrogen) atoms. The number of fused-ring (bicyclic) bond motifs is 3. The highest BCUT2D eigenvalue weighted by atomic mass is 16.8. The highest BCUT2D eigenvalue weighted by molar-refractivity contribution is 6.13. The van der Waals surface area contributed by atoms with Gasteiger partial charge in [0.15, 0.2) is 0 Å². The van der Waals surface area contributed by atoms with E-state index < -0.39 is 0 Å². The molecule has 0 amide bonds. The lowest BCUT2D eigenvalue weighted by atomic mass is 10.0. The Labute approximate surface area is 103 Å². The van der Waals surface area contributed by atoms with Crippen LogP contribution < -0.4 is 10.3 Å². The molecular weight excluding hydrogens is 230 g/mol. The lowest BCUT2D eigenvalue weighted by Crippen LogP contribution is -2.11. The summed E-state index contributed by atoms with van der Waals surface area (Å²) in [6.07, 6.45) is 0. The van der Waals surface area contributed by atoms with E-state index in [2.05, 4.69) is 0 Å². The third-order valence-corrected chi connectivity index (χ3v) is 3.03. The van der Waals surface area contributed by atoms with Gasteiger partial charge in [-0.2, -0.15) is 0 Å². The number of rotatable bonds is 1. The van der Waals surface area contributed by atoms with Crippen molar-refractivity contribution in [3.63, 3.8) is 0 Å². The summed E-state index contributed by atoms with van der Waals surface area (Å²) in [5.74, 6) is -0.0646. The van der Waals surface area contributed by atoms with Gasteiger partial charge in [-0.1, -0.05) is 42.5 Å². The minimum Gasteiger partial charge on any atom is -0.872 e. The molecule has 0 atom stereocenters. The molecule has 0 aliphatic rings. The topological polar surface area (TPSA) is 66.8 Å². The van der Waals surface area contributed by atoms with Crippen molar-refractivity contribution in [2.75, 3.05) is 5.23 Å². The Kier molecular flexibility index (Phi) is 2.33. The van der Waals surface area contributed by atoms with Crippen molar-refractivity contribution in [3.05, 3.63) is 48.5 Å². The Morgan fingerprint density at radius 3 is 2.28 bits per heavy atom. The fourth-order valence-corrected chi connectivity index (χ4v) is 2.23. The van der Waals surface area contributed by atoms with Crippen molar-refractivity contribution in [3.8, 4) is 5.75 Å². The zero-order valence-electron chi connectivity index (χ0n) is 9.37. The molecule has 0 spiro atoms. The maximum Gasteiger partial charge on any atom is 0.103 e. The van der Waals surface area contributed by atoms with Crippen LogP contribution in [-0.2, 0) is 0 Å². The van der Waals surface area contributed by atoms with Crippen LogP contribution in [0.5, 0.6) is 5.75 Å². The van der Waals surface area contributed by atoms with Gasteiger partial charge in [0.05, 0.1) is 0 Å². The van der Waals surface area contributed by atoms with Gasteiger partial charge in [0.1, 0.15) is 5.69 Å². The van der Waals surface area contributed by atoms with Crippen LogP contribution in [0.3, 0.4) is 0 Å². The number of hydrogen-bond donors (Lipinski definition) is 2. The van der Waals surface area contributed by atoms with Gasteiger partial charge in [-0.15, -0.1) is 11.0 Å². The standard InChI is InChI=1S/C14H11NO3/c16-10-6-5-9-7-14(15(17)18)12-4-2-1-3-11(12)13(9)8-10/h1-8,16-18H/p-1. The maximum atomic E-state index is 11.4. The molecule has 0 radical (unpaired) electrons. The van der Waals surface area contributed by atoms with E-state index in [4.69, 9.17) is 0 Å². The highest BCUT2D eigenvalue weighted by Crippen LogP contribution is 2.34. The Hall–Kier alpha value is -2.30. The summed E-state index contributed by atoms with van der Waals surface area (Å²) in [5, 5.41) is 33.2. The molecule has 0 saturated carbocycles. The van der Waals surface area contributed by atoms with Crippen molar-refractivity contribution in [2.45, 2.75) is 0 Å². The molecule has 0 aromatic heterocycles. The fourth-order valence-electron chi connectivity index (χ4n) is 2.23. The average Bonchev–Trinajstić information content (AvgIpc) is 2.37. The molecule has 3 aromatic rings. The van der Waals surface area contributed by atoms with Crippen LogP contribution in [0.15, 0.2) is 48.5 Å². The van der Waals surface area contributed by atoms with E-state index in [1.807, 2.05) is 18.2 Å². The molecular formula is C14H10NO3-. The van der Waals surface area contributed by atoms with Crippen molar-refractivity contribution >= 4 is 27.2 Å². The molecule has 2 N–H and O–H groups in total. The van der Waals surface area contributed by atoms with Gasteiger partial charge in [0.25, 0.3) is 0 Å². The van der Waals surface area contributed by atoms with Crippen LogP contribution in [0.25, 0.3) is 21.5 Å². The summed E-state index contributed by atoms with van der Waals surface area (Å²) in [6, 6.07) is 13.6. The van der Waals surface area contributed by atoms with E-state index >= 15 is 0 Å². The lowest BCUT2D eigenvalue weighted by molar-refractivity contribution is -0.268. The second kappa shape index (κ2) is 3.87. The van der Waals surface area contributed by atoms with E-state index in [-0.39, 0.29) is 16.7 Å². The second-order valence-corrected chi connectivity index (χ2v) is 4.11. The van der Waals surface area contributed by atoms with Crippen LogP contribution in [0.2, 0.25) is 0 Å². The smallest absolute Gasteiger partial charge is 0.103 e. The number of hydrogen-bond acceptors (Lipinski definition) is 4. The first-order chi connectivity index (χ1) is 8.66. The first-order valence-corrected chi connectivity index (χ1v) is 5.47. The minimum absolute atomic E-state index is 0.0646. The Bertz CT molecular complexity index is 738. The van der Waals surface area contributed by atoms with E-state index in [0.29, 0.717) is 5.39 Å². The van der Waals surface area contributed by atoms with Gasteiger partial charge in [-0.25, -0.2) is 0 Å². The van der Waals surface area contributed by atoms with Gasteiger partial charge in [-0.05, 0) is 22.2 Å². The molecule has 0 fully saturated rings. The van der Waals surface area contributed by atoms with Gasteiger partial charge in [-0.3, -0.25) is 10.4 Å². The molecule has 0 saturated heterocycles. The van der Waals surface area contributed by atoms with Crippen molar-refractivity contribution in [2.24, 2.45) is 0 Å². The van der Waals surface area contributed by atoms with Crippen LogP contribution in [0.1, 0.15) is 0 Å². The molecule has 3 rings (SSSR count). The number of nitrogens with zero attached hydrogens (tertiary/aromatic N) is 1. The summed E-state index contributed by atoms with van der Waals surface area (Å²) in [4.78, 5) is 0. The molecule has 4 nitrogen and oxygen atoms in total. The zero-order valence-corrected chi connectivity index (χ0v) is 9.37. The van der Waals surface area contributed by atoms with Gasteiger partial charge < -0.3 is 5.11 Å². The second-order valence-electron chi connectivity index (χ2n) is 4.11. The number of anilines is 1. The summed E-state index contributed by atoms with van der Waals surface area (Å²) in [5.41, 5.74) is 0.289. The van der Waals surface area contributed by atoms with Crippen LogP contribution in [0, 0.1) is 0 Å². The summed E-state index contributed by atoms with van der Waals surface area (Å²) < 4.78 is 0. The fraction of sp³-hybridized carbons (Fsp3) is 0. The third kappa shape index (κ3) is 1.55. The Balaban J connectivity index is 2.53. The molecule has 0 aliphatic carbocycles. The van der Waals surface area contributed by atoms with Gasteiger partial charge in [0.2, 0.25) is 0 Å². The molecule has 3 aromatic carbocycles. The van der Waals surface area contributed by atoms with E-state index in [0.717, 1.165) is 16.2 Å². The van der Waals surface area contributed by atoms with Crippen LogP contribution in [-0.4, -0.2) is 10.4 Å². The summed E-state index contributed by atoms with van der Waals surface area (Å²) in [6.45, 7) is 0. The van der Waals surface area contributed by atoms with E-state index in [1.165, 1.54) is 6.07 Å². The quantitative estimate of drug-likeness (QED) is 0.507. The Morgan fingerprint density at radius 2 is 1.56 bits per heavy atom. The average molecular weight is 240 g/mol. The molecule has 0 aliphatic heterocycles. The summed E-state index contributed by atoms with van der Waals surface area (Å²) >= 11 is 0. The van der Waals surface area contributed by atoms with Crippen LogP contribution in [0.4, 0.5) is 5.69 Å². The molecule has 90 valence electrons. The molecule has 0 heterocycles. The van der Waals surface area contributed by atoms with E-state index in [9.17, 15) is 15.5 Å². The van der Waals surface area contributed by atoms with Gasteiger partial charge >= 0.3 is 0 Å². The predicted molar refractivity (Wildman–Crippen MR) is 67.0 cm³/mol. The highest BCUT2D eigenvalue weighted by Gasteiger charge is 2.09. The Morgan fingerprint density at radius 1 is 0.833 bits per heavy atom. The lowest BCUT2D eigenvalue weighted by Gasteiger charge is -2.15. The first-order valence-electron chi connectivity index (χ1n) is 5.47. The zero-order chi connectivity index (χ0) is 12.7.